The van der Waals surface area contributed by atoms with Gasteiger partial charge in [-0.05, 0) is 9.05 Å². The molecule has 0 bridgehead atoms. The van der Waals surface area contributed by atoms with Crippen molar-refractivity contribution in [1.29, 1.82) is 0 Å². The molecule has 0 aromatic rings. The Balaban J connectivity index is 3.79. The third-order valence-electron chi connectivity index (χ3n) is 0.269. The van der Waals surface area contributed by atoms with Gasteiger partial charge in [-0.25, -0.2) is 9.82 Å². The monoisotopic (exact) mass is 150 g/mol. The molecule has 0 rings (SSSR count). The fourth-order valence-electron chi connectivity index (χ4n) is 0.0358. The van der Waals surface area contributed by atoms with Crippen LogP contribution in [0.25, 0.3) is 0 Å². The molecule has 0 atom stereocenters. The summed E-state index contributed by atoms with van der Waals surface area (Å²) in [6.07, 6.45) is 0. The van der Waals surface area contributed by atoms with Crippen molar-refractivity contribution in [3.05, 3.63) is 0 Å². The molecule has 0 aliphatic rings. The summed E-state index contributed by atoms with van der Waals surface area (Å²) in [6.45, 7) is 0. The molecule has 0 fully saturated rings. The van der Waals surface area contributed by atoms with Gasteiger partial charge in [-0.1, -0.05) is 9.46 Å². The lowest BCUT2D eigenvalue weighted by Crippen LogP contribution is -1.83. The van der Waals surface area contributed by atoms with E-state index in [1.165, 1.54) is 0 Å². The van der Waals surface area contributed by atoms with Crippen molar-refractivity contribution in [2.45, 2.75) is 0 Å². The number of hydrogen-bond acceptors (Lipinski definition) is 5. The van der Waals surface area contributed by atoms with Crippen LogP contribution < -0.4 is 0 Å². The summed E-state index contributed by atoms with van der Waals surface area (Å²) in [4.78, 5) is 0. The average Bonchev–Trinajstić information content (AvgIpc) is 1.87. The molecule has 0 unspecified atom stereocenters. The van der Waals surface area contributed by atoms with Crippen LogP contribution in [0.15, 0.2) is 0 Å². The minimum Gasteiger partial charge on any atom is -0.241 e. The smallest absolute Gasteiger partial charge is 0.241 e. The second-order valence-corrected chi connectivity index (χ2v) is 2.00. The van der Waals surface area contributed by atoms with E-state index in [1.807, 2.05) is 0 Å². The van der Waals surface area contributed by atoms with E-state index < -0.39 is 7.82 Å². The summed E-state index contributed by atoms with van der Waals surface area (Å²) in [5.74, 6) is 0. The van der Waals surface area contributed by atoms with E-state index in [0.29, 0.717) is 0 Å². The SMILES string of the molecule is O=P(OO)(OF)OF. The normalized spacial score (nSPS) is 11.9. The molecule has 0 aliphatic carbocycles. The Morgan fingerprint density at radius 3 is 1.75 bits per heavy atom. The quantitative estimate of drug-likeness (QED) is 0.374. The molecule has 0 aliphatic heterocycles. The predicted molar refractivity (Wildman–Crippen MR) is 15.7 cm³/mol. The first-order chi connectivity index (χ1) is 3.68. The molecule has 0 saturated heterocycles. The van der Waals surface area contributed by atoms with E-state index in [-0.39, 0.29) is 0 Å². The zero-order chi connectivity index (χ0) is 6.62. The topological polar surface area (TPSA) is 65.0 Å². The summed E-state index contributed by atoms with van der Waals surface area (Å²) >= 11 is 0. The van der Waals surface area contributed by atoms with E-state index >= 15 is 0 Å². The first kappa shape index (κ1) is 7.93. The van der Waals surface area contributed by atoms with Crippen LogP contribution >= 0.6 is 7.82 Å². The summed E-state index contributed by atoms with van der Waals surface area (Å²) in [6, 6.07) is 0. The minimum atomic E-state index is -4.94. The standard InChI is InChI=1S/F2HO5P/c1-5-8(4,6-2)7-3/h3H. The zero-order valence-electron chi connectivity index (χ0n) is 3.28. The highest BCUT2D eigenvalue weighted by Gasteiger charge is 2.29. The van der Waals surface area contributed by atoms with Gasteiger partial charge in [0, 0.05) is 0 Å². The van der Waals surface area contributed by atoms with Gasteiger partial charge in [0.2, 0.25) is 0 Å². The molecular weight excluding hydrogens is 149 g/mol. The lowest BCUT2D eigenvalue weighted by Gasteiger charge is -1.97. The minimum absolute atomic E-state index is 2.22. The molecule has 5 nitrogen and oxygen atoms in total. The van der Waals surface area contributed by atoms with E-state index in [9.17, 15) is 13.6 Å². The number of phosphoric acid groups is 1. The first-order valence-electron chi connectivity index (χ1n) is 1.22. The summed E-state index contributed by atoms with van der Waals surface area (Å²) < 4.78 is 38.0. The molecule has 0 heterocycles. The molecule has 0 spiro atoms. The lowest BCUT2D eigenvalue weighted by atomic mass is 15.0. The van der Waals surface area contributed by atoms with Gasteiger partial charge in [0.1, 0.15) is 0 Å². The summed E-state index contributed by atoms with van der Waals surface area (Å²) in [5, 5.41) is 7.29. The Labute approximate surface area is 42.1 Å². The Kier molecular flexibility index (Phi) is 3.03. The molecule has 0 aromatic carbocycles. The highest BCUT2D eigenvalue weighted by atomic mass is 31.2. The van der Waals surface area contributed by atoms with Crippen LogP contribution in [0.2, 0.25) is 0 Å². The fraction of sp³-hybridized carbons (Fsp3) is 0. The molecule has 8 heteroatoms. The Hall–Kier alpha value is -0.0700. The van der Waals surface area contributed by atoms with Gasteiger partial charge in [-0.3, -0.25) is 0 Å². The Morgan fingerprint density at radius 1 is 1.38 bits per heavy atom. The second-order valence-electron chi connectivity index (χ2n) is 0.667. The van der Waals surface area contributed by atoms with Crippen LogP contribution in [-0.4, -0.2) is 5.26 Å². The second kappa shape index (κ2) is 3.06. The summed E-state index contributed by atoms with van der Waals surface area (Å²) in [7, 11) is -4.94. The van der Waals surface area contributed by atoms with Crippen LogP contribution in [0.1, 0.15) is 0 Å². The van der Waals surface area contributed by atoms with E-state index in [1.54, 1.807) is 0 Å². The molecule has 50 valence electrons. The van der Waals surface area contributed by atoms with Gasteiger partial charge in [-0.15, -0.1) is 4.67 Å². The number of rotatable bonds is 3. The summed E-state index contributed by atoms with van der Waals surface area (Å²) in [5.41, 5.74) is 0. The molecule has 0 radical (unpaired) electrons. The van der Waals surface area contributed by atoms with Gasteiger partial charge in [0.05, 0.1) is 0 Å². The van der Waals surface area contributed by atoms with Crippen molar-refractivity contribution in [3.63, 3.8) is 0 Å². The van der Waals surface area contributed by atoms with E-state index in [2.05, 4.69) is 14.1 Å². The van der Waals surface area contributed by atoms with Gasteiger partial charge in [-0.2, -0.15) is 0 Å². The van der Waals surface area contributed by atoms with Crippen LogP contribution in [-0.2, 0) is 18.7 Å². The van der Waals surface area contributed by atoms with Crippen molar-refractivity contribution in [1.82, 2.24) is 0 Å². The maximum atomic E-state index is 10.6. The van der Waals surface area contributed by atoms with Crippen molar-refractivity contribution in [2.24, 2.45) is 0 Å². The van der Waals surface area contributed by atoms with Gasteiger partial charge in [0.15, 0.2) is 0 Å². The highest BCUT2D eigenvalue weighted by Crippen LogP contribution is 2.48. The van der Waals surface area contributed by atoms with Crippen molar-refractivity contribution >= 4 is 7.82 Å². The lowest BCUT2D eigenvalue weighted by molar-refractivity contribution is -0.217. The van der Waals surface area contributed by atoms with Crippen molar-refractivity contribution in [2.75, 3.05) is 0 Å². The van der Waals surface area contributed by atoms with Gasteiger partial charge in [0.25, 0.3) is 0 Å². The molecule has 0 amide bonds. The maximum Gasteiger partial charge on any atom is 0.564 e. The molecule has 8 heavy (non-hydrogen) atoms. The molecule has 0 saturated carbocycles. The largest absolute Gasteiger partial charge is 0.564 e. The number of halogens is 2. The van der Waals surface area contributed by atoms with Crippen molar-refractivity contribution < 1.29 is 33.0 Å². The fourth-order valence-corrected chi connectivity index (χ4v) is 0.108. The maximum absolute atomic E-state index is 10.6. The Bertz CT molecular complexity index is 81.6. The third-order valence-corrected chi connectivity index (χ3v) is 0.807. The molecule has 1 N–H and O–H groups in total. The zero-order valence-corrected chi connectivity index (χ0v) is 4.18. The molecular formula is HF2O5P. The first-order valence-corrected chi connectivity index (χ1v) is 2.68. The van der Waals surface area contributed by atoms with Gasteiger partial charge >= 0.3 is 7.82 Å². The Morgan fingerprint density at radius 2 is 1.75 bits per heavy atom. The highest BCUT2D eigenvalue weighted by molar-refractivity contribution is 7.48. The van der Waals surface area contributed by atoms with Crippen LogP contribution in [0.3, 0.4) is 0 Å². The van der Waals surface area contributed by atoms with Crippen molar-refractivity contribution in [3.8, 4) is 0 Å². The average molecular weight is 150 g/mol. The van der Waals surface area contributed by atoms with E-state index in [4.69, 9.17) is 5.26 Å². The van der Waals surface area contributed by atoms with Crippen LogP contribution in [0.5, 0.6) is 0 Å². The van der Waals surface area contributed by atoms with Crippen LogP contribution in [0, 0.1) is 0 Å². The van der Waals surface area contributed by atoms with E-state index in [0.717, 1.165) is 0 Å². The van der Waals surface area contributed by atoms with Crippen LogP contribution in [0.4, 0.5) is 9.05 Å². The predicted octanol–water partition coefficient (Wildman–Crippen LogP) is 1.39. The van der Waals surface area contributed by atoms with Gasteiger partial charge < -0.3 is 0 Å². The molecule has 0 aromatic heterocycles. The third kappa shape index (κ3) is 1.81. The number of hydrogen-bond donors (Lipinski definition) is 1.